The SMILES string of the molecule is C/C=C(\NC(=O)CBr)C(=O)OC. The molecule has 1 N–H and O–H groups in total. The van der Waals surface area contributed by atoms with Gasteiger partial charge < -0.3 is 10.1 Å². The highest BCUT2D eigenvalue weighted by Crippen LogP contribution is 1.93. The Bertz CT molecular complexity index is 213. The summed E-state index contributed by atoms with van der Waals surface area (Å²) in [7, 11) is 1.26. The van der Waals surface area contributed by atoms with E-state index < -0.39 is 5.97 Å². The molecule has 12 heavy (non-hydrogen) atoms. The zero-order valence-electron chi connectivity index (χ0n) is 6.89. The summed E-state index contributed by atoms with van der Waals surface area (Å²) in [4.78, 5) is 21.7. The van der Waals surface area contributed by atoms with E-state index in [1.54, 1.807) is 6.92 Å². The molecule has 5 heteroatoms. The van der Waals surface area contributed by atoms with Crippen LogP contribution in [-0.4, -0.2) is 24.3 Å². The monoisotopic (exact) mass is 235 g/mol. The van der Waals surface area contributed by atoms with Crippen molar-refractivity contribution < 1.29 is 14.3 Å². The number of alkyl halides is 1. The van der Waals surface area contributed by atoms with Crippen molar-refractivity contribution in [1.82, 2.24) is 5.32 Å². The van der Waals surface area contributed by atoms with E-state index >= 15 is 0 Å². The second-order valence-corrected chi connectivity index (χ2v) is 2.44. The topological polar surface area (TPSA) is 55.4 Å². The van der Waals surface area contributed by atoms with Crippen LogP contribution in [0.5, 0.6) is 0 Å². The van der Waals surface area contributed by atoms with Crippen LogP contribution in [-0.2, 0) is 14.3 Å². The molecule has 0 aromatic carbocycles. The third kappa shape index (κ3) is 3.52. The molecular weight excluding hydrogens is 226 g/mol. The molecule has 0 aromatic rings. The van der Waals surface area contributed by atoms with E-state index in [2.05, 4.69) is 26.0 Å². The molecule has 0 saturated heterocycles. The van der Waals surface area contributed by atoms with Crippen molar-refractivity contribution in [3.8, 4) is 0 Å². The van der Waals surface area contributed by atoms with Gasteiger partial charge in [-0.1, -0.05) is 22.0 Å². The van der Waals surface area contributed by atoms with Crippen molar-refractivity contribution in [2.45, 2.75) is 6.92 Å². The van der Waals surface area contributed by atoms with Gasteiger partial charge in [-0.05, 0) is 6.92 Å². The van der Waals surface area contributed by atoms with Gasteiger partial charge in [0.05, 0.1) is 12.4 Å². The van der Waals surface area contributed by atoms with E-state index in [-0.39, 0.29) is 16.9 Å². The first-order valence-corrected chi connectivity index (χ1v) is 4.38. The van der Waals surface area contributed by atoms with Crippen LogP contribution in [0.15, 0.2) is 11.8 Å². The van der Waals surface area contributed by atoms with Gasteiger partial charge in [-0.2, -0.15) is 0 Å². The van der Waals surface area contributed by atoms with E-state index in [4.69, 9.17) is 0 Å². The number of nitrogens with one attached hydrogen (secondary N) is 1. The predicted octanol–water partition coefficient (Wildman–Crippen LogP) is 0.574. The van der Waals surface area contributed by atoms with Gasteiger partial charge in [0.25, 0.3) is 0 Å². The largest absolute Gasteiger partial charge is 0.464 e. The van der Waals surface area contributed by atoms with E-state index in [9.17, 15) is 9.59 Å². The summed E-state index contributed by atoms with van der Waals surface area (Å²) >= 11 is 2.95. The molecule has 0 aliphatic rings. The zero-order chi connectivity index (χ0) is 9.56. The van der Waals surface area contributed by atoms with Gasteiger partial charge in [0, 0.05) is 0 Å². The number of amides is 1. The molecule has 4 nitrogen and oxygen atoms in total. The Morgan fingerprint density at radius 1 is 1.58 bits per heavy atom. The zero-order valence-corrected chi connectivity index (χ0v) is 8.47. The number of carbonyl (C=O) groups excluding carboxylic acids is 2. The van der Waals surface area contributed by atoms with Gasteiger partial charge in [-0.15, -0.1) is 0 Å². The number of rotatable bonds is 3. The van der Waals surface area contributed by atoms with Crippen LogP contribution in [0.25, 0.3) is 0 Å². The summed E-state index contributed by atoms with van der Waals surface area (Å²) in [6, 6.07) is 0. The number of carbonyl (C=O) groups is 2. The first-order valence-electron chi connectivity index (χ1n) is 3.26. The Hall–Kier alpha value is -0.840. The number of esters is 1. The Labute approximate surface area is 79.1 Å². The first kappa shape index (κ1) is 11.2. The van der Waals surface area contributed by atoms with Crippen LogP contribution in [0, 0.1) is 0 Å². The number of allylic oxidation sites excluding steroid dienone is 1. The van der Waals surface area contributed by atoms with Crippen LogP contribution in [0.2, 0.25) is 0 Å². The normalized spacial score (nSPS) is 10.8. The maximum absolute atomic E-state index is 10.9. The van der Waals surface area contributed by atoms with Crippen molar-refractivity contribution >= 4 is 27.8 Å². The molecular formula is C7H10BrNO3. The van der Waals surface area contributed by atoms with Crippen LogP contribution in [0.3, 0.4) is 0 Å². The number of hydrogen-bond donors (Lipinski definition) is 1. The van der Waals surface area contributed by atoms with E-state index in [0.29, 0.717) is 0 Å². The summed E-state index contributed by atoms with van der Waals surface area (Å²) in [5, 5.41) is 2.52. The van der Waals surface area contributed by atoms with Gasteiger partial charge in [0.2, 0.25) is 5.91 Å². The average molecular weight is 236 g/mol. The molecule has 0 saturated carbocycles. The molecule has 0 unspecified atom stereocenters. The summed E-state index contributed by atoms with van der Waals surface area (Å²) in [5.41, 5.74) is 0.155. The highest BCUT2D eigenvalue weighted by atomic mass is 79.9. The summed E-state index contributed by atoms with van der Waals surface area (Å²) in [6.07, 6.45) is 1.48. The third-order valence-electron chi connectivity index (χ3n) is 1.09. The minimum atomic E-state index is -0.549. The standard InChI is InChI=1S/C7H10BrNO3/c1-3-5(7(11)12-2)9-6(10)4-8/h3H,4H2,1-2H3,(H,9,10)/b5-3-. The maximum Gasteiger partial charge on any atom is 0.354 e. The molecule has 0 heterocycles. The summed E-state index contributed by atoms with van der Waals surface area (Å²) in [6.45, 7) is 1.64. The van der Waals surface area contributed by atoms with Crippen molar-refractivity contribution in [2.24, 2.45) is 0 Å². The van der Waals surface area contributed by atoms with Crippen LogP contribution >= 0.6 is 15.9 Å². The van der Waals surface area contributed by atoms with Crippen molar-refractivity contribution in [1.29, 1.82) is 0 Å². The number of ether oxygens (including phenoxy) is 1. The van der Waals surface area contributed by atoms with E-state index in [1.165, 1.54) is 13.2 Å². The highest BCUT2D eigenvalue weighted by molar-refractivity contribution is 9.09. The molecule has 0 fully saturated rings. The van der Waals surface area contributed by atoms with E-state index in [0.717, 1.165) is 0 Å². The van der Waals surface area contributed by atoms with Crippen LogP contribution in [0.1, 0.15) is 6.92 Å². The summed E-state index contributed by atoms with van der Waals surface area (Å²) < 4.78 is 4.41. The first-order chi connectivity index (χ1) is 5.65. The lowest BCUT2D eigenvalue weighted by molar-refractivity contribution is -0.137. The van der Waals surface area contributed by atoms with E-state index in [1.807, 2.05) is 0 Å². The van der Waals surface area contributed by atoms with Gasteiger partial charge in [0.15, 0.2) is 0 Å². The lowest BCUT2D eigenvalue weighted by Crippen LogP contribution is -2.28. The minimum Gasteiger partial charge on any atom is -0.464 e. The third-order valence-corrected chi connectivity index (χ3v) is 1.60. The molecule has 0 spiro atoms. The lowest BCUT2D eigenvalue weighted by atomic mass is 10.4. The molecule has 0 aliphatic carbocycles. The molecule has 68 valence electrons. The van der Waals surface area contributed by atoms with Gasteiger partial charge in [0.1, 0.15) is 5.70 Å². The second kappa shape index (κ2) is 5.77. The Kier molecular flexibility index (Phi) is 5.36. The predicted molar refractivity (Wildman–Crippen MR) is 47.7 cm³/mol. The average Bonchev–Trinajstić information content (AvgIpc) is 2.12. The smallest absolute Gasteiger partial charge is 0.354 e. The van der Waals surface area contributed by atoms with Crippen LogP contribution in [0.4, 0.5) is 0 Å². The molecule has 0 rings (SSSR count). The Morgan fingerprint density at radius 2 is 2.17 bits per heavy atom. The molecule has 0 aromatic heterocycles. The molecule has 0 radical (unpaired) electrons. The fourth-order valence-corrected chi connectivity index (χ4v) is 0.675. The van der Waals surface area contributed by atoms with Gasteiger partial charge in [-0.3, -0.25) is 4.79 Å². The van der Waals surface area contributed by atoms with Crippen molar-refractivity contribution in [2.75, 3.05) is 12.4 Å². The lowest BCUT2D eigenvalue weighted by Gasteiger charge is -2.04. The molecule has 0 aliphatic heterocycles. The van der Waals surface area contributed by atoms with Gasteiger partial charge in [-0.25, -0.2) is 4.79 Å². The highest BCUT2D eigenvalue weighted by Gasteiger charge is 2.10. The minimum absolute atomic E-state index is 0.154. The number of hydrogen-bond acceptors (Lipinski definition) is 3. The van der Waals surface area contributed by atoms with Crippen molar-refractivity contribution in [3.05, 3.63) is 11.8 Å². The second-order valence-electron chi connectivity index (χ2n) is 1.88. The molecule has 0 atom stereocenters. The fraction of sp³-hybridized carbons (Fsp3) is 0.429. The number of methoxy groups -OCH3 is 1. The molecule has 0 bridgehead atoms. The maximum atomic E-state index is 10.9. The Morgan fingerprint density at radius 3 is 2.50 bits per heavy atom. The quantitative estimate of drug-likeness (QED) is 0.443. The summed E-state index contributed by atoms with van der Waals surface area (Å²) in [5.74, 6) is -0.833. The number of halogens is 1. The van der Waals surface area contributed by atoms with Gasteiger partial charge >= 0.3 is 5.97 Å². The molecule has 1 amide bonds. The van der Waals surface area contributed by atoms with Crippen molar-refractivity contribution in [3.63, 3.8) is 0 Å². The fourth-order valence-electron chi connectivity index (χ4n) is 0.535. The van der Waals surface area contributed by atoms with Crippen LogP contribution < -0.4 is 5.32 Å². The Balaban J connectivity index is 4.20.